The summed E-state index contributed by atoms with van der Waals surface area (Å²) in [5.74, 6) is 0.118. The molecule has 0 bridgehead atoms. The highest BCUT2D eigenvalue weighted by atomic mass is 16.1. The van der Waals surface area contributed by atoms with Crippen molar-refractivity contribution in [1.82, 2.24) is 5.32 Å². The number of carbonyl (C=O) groups is 1. The van der Waals surface area contributed by atoms with Gasteiger partial charge in [-0.25, -0.2) is 0 Å². The van der Waals surface area contributed by atoms with E-state index >= 15 is 0 Å². The second-order valence-corrected chi connectivity index (χ2v) is 5.58. The Morgan fingerprint density at radius 3 is 2.35 bits per heavy atom. The van der Waals surface area contributed by atoms with Crippen LogP contribution in [0, 0.1) is 5.41 Å². The molecule has 3 nitrogen and oxygen atoms in total. The van der Waals surface area contributed by atoms with E-state index < -0.39 is 0 Å². The Morgan fingerprint density at radius 2 is 1.82 bits per heavy atom. The second-order valence-electron chi connectivity index (χ2n) is 5.58. The Labute approximate surface area is 103 Å². The van der Waals surface area contributed by atoms with Gasteiger partial charge in [0.15, 0.2) is 0 Å². The van der Waals surface area contributed by atoms with Crippen molar-refractivity contribution in [2.75, 3.05) is 12.3 Å². The smallest absolute Gasteiger partial charge is 0.220 e. The predicted molar refractivity (Wildman–Crippen MR) is 71.6 cm³/mol. The summed E-state index contributed by atoms with van der Waals surface area (Å²) in [6, 6.07) is 7.75. The van der Waals surface area contributed by atoms with Crippen LogP contribution < -0.4 is 11.1 Å². The number of rotatable bonds is 4. The lowest BCUT2D eigenvalue weighted by atomic mass is 9.92. The Balaban J connectivity index is 2.28. The summed E-state index contributed by atoms with van der Waals surface area (Å²) in [5, 5.41) is 2.93. The minimum Gasteiger partial charge on any atom is -0.399 e. The molecule has 0 aliphatic rings. The van der Waals surface area contributed by atoms with Crippen LogP contribution in [0.2, 0.25) is 0 Å². The molecular formula is C14H22N2O. The molecule has 0 radical (unpaired) electrons. The van der Waals surface area contributed by atoms with Crippen LogP contribution in [0.5, 0.6) is 0 Å². The van der Waals surface area contributed by atoms with Gasteiger partial charge in [0.2, 0.25) is 5.91 Å². The molecule has 0 saturated carbocycles. The molecule has 1 rings (SSSR count). The third kappa shape index (κ3) is 5.95. The standard InChI is InChI=1S/C14H22N2O/c1-14(2,3)10-13(17)16-9-8-11-4-6-12(15)7-5-11/h4-7H,8-10,15H2,1-3H3,(H,16,17). The van der Waals surface area contributed by atoms with Crippen LogP contribution in [0.25, 0.3) is 0 Å². The number of nitrogen functional groups attached to an aromatic ring is 1. The molecule has 0 heterocycles. The molecule has 1 aromatic carbocycles. The number of hydrogen-bond acceptors (Lipinski definition) is 2. The van der Waals surface area contributed by atoms with E-state index in [1.54, 1.807) is 0 Å². The van der Waals surface area contributed by atoms with Crippen LogP contribution in [-0.4, -0.2) is 12.5 Å². The Morgan fingerprint density at radius 1 is 1.24 bits per heavy atom. The lowest BCUT2D eigenvalue weighted by molar-refractivity contribution is -0.122. The minimum atomic E-state index is 0.0469. The van der Waals surface area contributed by atoms with E-state index in [1.807, 2.05) is 24.3 Å². The van der Waals surface area contributed by atoms with Gasteiger partial charge in [0.1, 0.15) is 0 Å². The SMILES string of the molecule is CC(C)(C)CC(=O)NCCc1ccc(N)cc1. The molecule has 0 saturated heterocycles. The van der Waals surface area contributed by atoms with Crippen molar-refractivity contribution in [3.8, 4) is 0 Å². The van der Waals surface area contributed by atoms with E-state index in [4.69, 9.17) is 5.73 Å². The largest absolute Gasteiger partial charge is 0.399 e. The number of anilines is 1. The van der Waals surface area contributed by atoms with Crippen LogP contribution >= 0.6 is 0 Å². The fourth-order valence-corrected chi connectivity index (χ4v) is 1.57. The summed E-state index contributed by atoms with van der Waals surface area (Å²) in [7, 11) is 0. The fourth-order valence-electron chi connectivity index (χ4n) is 1.57. The van der Waals surface area contributed by atoms with E-state index in [1.165, 1.54) is 5.56 Å². The normalized spacial score (nSPS) is 11.2. The molecule has 3 heteroatoms. The van der Waals surface area contributed by atoms with Crippen LogP contribution in [0.15, 0.2) is 24.3 Å². The molecule has 0 atom stereocenters. The first-order valence-electron chi connectivity index (χ1n) is 5.98. The average Bonchev–Trinajstić information content (AvgIpc) is 2.18. The first-order valence-corrected chi connectivity index (χ1v) is 5.98. The zero-order chi connectivity index (χ0) is 12.9. The quantitative estimate of drug-likeness (QED) is 0.786. The van der Waals surface area contributed by atoms with Crippen molar-refractivity contribution in [2.45, 2.75) is 33.6 Å². The van der Waals surface area contributed by atoms with Gasteiger partial charge in [-0.2, -0.15) is 0 Å². The number of carbonyl (C=O) groups excluding carboxylic acids is 1. The number of amides is 1. The summed E-state index contributed by atoms with van der Waals surface area (Å²) in [4.78, 5) is 11.6. The number of hydrogen-bond donors (Lipinski definition) is 2. The summed E-state index contributed by atoms with van der Waals surface area (Å²) in [6.07, 6.45) is 1.41. The maximum absolute atomic E-state index is 11.6. The van der Waals surface area contributed by atoms with E-state index in [0.717, 1.165) is 12.1 Å². The summed E-state index contributed by atoms with van der Waals surface area (Å²) in [5.41, 5.74) is 7.61. The van der Waals surface area contributed by atoms with Crippen molar-refractivity contribution < 1.29 is 4.79 Å². The maximum atomic E-state index is 11.6. The van der Waals surface area contributed by atoms with Crippen molar-refractivity contribution in [1.29, 1.82) is 0 Å². The zero-order valence-corrected chi connectivity index (χ0v) is 10.9. The average molecular weight is 234 g/mol. The van der Waals surface area contributed by atoms with Crippen LogP contribution in [0.1, 0.15) is 32.8 Å². The van der Waals surface area contributed by atoms with Gasteiger partial charge in [0.05, 0.1) is 0 Å². The fraction of sp³-hybridized carbons (Fsp3) is 0.500. The molecule has 0 fully saturated rings. The second kappa shape index (κ2) is 5.71. The van der Waals surface area contributed by atoms with Gasteiger partial charge in [-0.05, 0) is 29.5 Å². The first kappa shape index (κ1) is 13.6. The van der Waals surface area contributed by atoms with Gasteiger partial charge in [-0.3, -0.25) is 4.79 Å². The number of benzene rings is 1. The van der Waals surface area contributed by atoms with Crippen molar-refractivity contribution >= 4 is 11.6 Å². The molecule has 1 aromatic rings. The molecule has 0 aliphatic carbocycles. The predicted octanol–water partition coefficient (Wildman–Crippen LogP) is 2.36. The molecule has 94 valence electrons. The molecular weight excluding hydrogens is 212 g/mol. The molecule has 17 heavy (non-hydrogen) atoms. The van der Waals surface area contributed by atoms with E-state index in [2.05, 4.69) is 26.1 Å². The first-order chi connectivity index (χ1) is 7.87. The van der Waals surface area contributed by atoms with Crippen LogP contribution in [0.3, 0.4) is 0 Å². The van der Waals surface area contributed by atoms with Gasteiger partial charge in [0, 0.05) is 18.7 Å². The van der Waals surface area contributed by atoms with Crippen molar-refractivity contribution in [3.05, 3.63) is 29.8 Å². The Kier molecular flexibility index (Phi) is 4.55. The molecule has 0 aliphatic heterocycles. The Bertz CT molecular complexity index is 363. The highest BCUT2D eigenvalue weighted by Gasteiger charge is 2.15. The van der Waals surface area contributed by atoms with Crippen molar-refractivity contribution in [2.24, 2.45) is 5.41 Å². The third-order valence-corrected chi connectivity index (χ3v) is 2.41. The highest BCUT2D eigenvalue weighted by molar-refractivity contribution is 5.76. The van der Waals surface area contributed by atoms with Gasteiger partial charge < -0.3 is 11.1 Å². The third-order valence-electron chi connectivity index (χ3n) is 2.41. The highest BCUT2D eigenvalue weighted by Crippen LogP contribution is 2.17. The topological polar surface area (TPSA) is 55.1 Å². The van der Waals surface area contributed by atoms with E-state index in [-0.39, 0.29) is 11.3 Å². The molecule has 0 spiro atoms. The van der Waals surface area contributed by atoms with Gasteiger partial charge in [-0.1, -0.05) is 32.9 Å². The summed E-state index contributed by atoms with van der Waals surface area (Å²) < 4.78 is 0. The zero-order valence-electron chi connectivity index (χ0n) is 10.9. The summed E-state index contributed by atoms with van der Waals surface area (Å²) in [6.45, 7) is 6.87. The molecule has 0 aromatic heterocycles. The van der Waals surface area contributed by atoms with Crippen molar-refractivity contribution in [3.63, 3.8) is 0 Å². The molecule has 0 unspecified atom stereocenters. The number of nitrogens with one attached hydrogen (secondary N) is 1. The van der Waals surface area contributed by atoms with Crippen LogP contribution in [-0.2, 0) is 11.2 Å². The molecule has 3 N–H and O–H groups in total. The molecule has 1 amide bonds. The van der Waals surface area contributed by atoms with E-state index in [0.29, 0.717) is 13.0 Å². The van der Waals surface area contributed by atoms with Gasteiger partial charge in [0.25, 0.3) is 0 Å². The summed E-state index contributed by atoms with van der Waals surface area (Å²) >= 11 is 0. The maximum Gasteiger partial charge on any atom is 0.220 e. The minimum absolute atomic E-state index is 0.0469. The lowest BCUT2D eigenvalue weighted by Crippen LogP contribution is -2.29. The number of nitrogens with two attached hydrogens (primary N) is 1. The van der Waals surface area contributed by atoms with E-state index in [9.17, 15) is 4.79 Å². The van der Waals surface area contributed by atoms with Gasteiger partial charge in [-0.15, -0.1) is 0 Å². The Hall–Kier alpha value is -1.51. The van der Waals surface area contributed by atoms with Gasteiger partial charge >= 0.3 is 0 Å². The lowest BCUT2D eigenvalue weighted by Gasteiger charge is -2.17. The van der Waals surface area contributed by atoms with Crippen LogP contribution in [0.4, 0.5) is 5.69 Å². The monoisotopic (exact) mass is 234 g/mol.